The number of hydrogen-bond donors (Lipinski definition) is 1. The van der Waals surface area contributed by atoms with Gasteiger partial charge in [-0.15, -0.1) is 0 Å². The second-order valence-corrected chi connectivity index (χ2v) is 6.33. The van der Waals surface area contributed by atoms with Gasteiger partial charge in [0.15, 0.2) is 5.78 Å². The molecule has 6 nitrogen and oxygen atoms in total. The second kappa shape index (κ2) is 4.96. The van der Waals surface area contributed by atoms with Crippen molar-refractivity contribution in [2.45, 2.75) is 25.7 Å². The Bertz CT molecular complexity index is 507. The molecule has 0 aliphatic heterocycles. The van der Waals surface area contributed by atoms with Gasteiger partial charge in [0.1, 0.15) is 6.16 Å². The lowest BCUT2D eigenvalue weighted by atomic mass is 10.1. The molecule has 1 fully saturated rings. The van der Waals surface area contributed by atoms with E-state index in [9.17, 15) is 14.3 Å². The number of nitrogens with zero attached hydrogens (tertiary/aromatic N) is 2. The van der Waals surface area contributed by atoms with E-state index in [1.165, 1.54) is 6.20 Å². The van der Waals surface area contributed by atoms with Crippen LogP contribution >= 0.6 is 7.60 Å². The zero-order valence-corrected chi connectivity index (χ0v) is 11.4. The average molecular weight is 272 g/mol. The summed E-state index contributed by atoms with van der Waals surface area (Å²) in [5.41, 5.74) is 1.32. The van der Waals surface area contributed by atoms with E-state index in [1.54, 1.807) is 18.7 Å². The van der Waals surface area contributed by atoms with Crippen molar-refractivity contribution < 1.29 is 18.8 Å². The molecule has 0 aromatic carbocycles. The predicted octanol–water partition coefficient (Wildman–Crippen LogP) is 1.70. The van der Waals surface area contributed by atoms with E-state index in [0.29, 0.717) is 11.5 Å². The first kappa shape index (κ1) is 13.5. The molecule has 0 amide bonds. The van der Waals surface area contributed by atoms with E-state index in [-0.39, 0.29) is 12.4 Å². The smallest absolute Gasteiger partial charge is 0.324 e. The molecule has 1 saturated carbocycles. The van der Waals surface area contributed by atoms with Crippen LogP contribution in [0.2, 0.25) is 0 Å². The quantitative estimate of drug-likeness (QED) is 0.629. The highest BCUT2D eigenvalue weighted by atomic mass is 31.2. The van der Waals surface area contributed by atoms with Crippen molar-refractivity contribution in [3.05, 3.63) is 17.5 Å². The molecule has 0 saturated heterocycles. The highest BCUT2D eigenvalue weighted by Gasteiger charge is 2.33. The first-order valence-corrected chi connectivity index (χ1v) is 7.72. The molecule has 100 valence electrons. The first-order valence-electron chi connectivity index (χ1n) is 5.96. The van der Waals surface area contributed by atoms with Crippen molar-refractivity contribution in [1.29, 1.82) is 0 Å². The summed E-state index contributed by atoms with van der Waals surface area (Å²) in [4.78, 5) is 21.5. The van der Waals surface area contributed by atoms with Crippen LogP contribution in [0.15, 0.2) is 6.20 Å². The van der Waals surface area contributed by atoms with Crippen LogP contribution in [-0.4, -0.2) is 33.2 Å². The van der Waals surface area contributed by atoms with Crippen molar-refractivity contribution in [3.63, 3.8) is 0 Å². The zero-order chi connectivity index (χ0) is 13.3. The molecule has 1 unspecified atom stereocenters. The molecule has 1 aromatic heterocycles. The Morgan fingerprint density at radius 2 is 2.33 bits per heavy atom. The molecular weight excluding hydrogens is 255 g/mol. The SMILES string of the molecule is CCOP(=O)(O)CC(=O)c1cnn(C)c1C1CC1. The van der Waals surface area contributed by atoms with E-state index >= 15 is 0 Å². The van der Waals surface area contributed by atoms with Crippen molar-refractivity contribution in [2.75, 3.05) is 12.8 Å². The van der Waals surface area contributed by atoms with Crippen molar-refractivity contribution in [1.82, 2.24) is 9.78 Å². The number of rotatable bonds is 6. The number of hydrogen-bond acceptors (Lipinski definition) is 4. The predicted molar refractivity (Wildman–Crippen MR) is 65.8 cm³/mol. The summed E-state index contributed by atoms with van der Waals surface area (Å²) >= 11 is 0. The van der Waals surface area contributed by atoms with Crippen molar-refractivity contribution in [3.8, 4) is 0 Å². The molecule has 1 aromatic rings. The Morgan fingerprint density at radius 3 is 2.89 bits per heavy atom. The van der Waals surface area contributed by atoms with Gasteiger partial charge in [-0.05, 0) is 19.8 Å². The number of aromatic nitrogens is 2. The summed E-state index contributed by atoms with van der Waals surface area (Å²) in [6, 6.07) is 0. The van der Waals surface area contributed by atoms with Crippen LogP contribution in [-0.2, 0) is 16.1 Å². The molecule has 1 aliphatic rings. The van der Waals surface area contributed by atoms with Crippen LogP contribution in [0.25, 0.3) is 0 Å². The summed E-state index contributed by atoms with van der Waals surface area (Å²) in [6.45, 7) is 1.73. The third-order valence-corrected chi connectivity index (χ3v) is 4.27. The van der Waals surface area contributed by atoms with Gasteiger partial charge in [0.2, 0.25) is 0 Å². The number of Topliss-reactive ketones (excluding diaryl/α,β-unsaturated/α-hetero) is 1. The fourth-order valence-electron chi connectivity index (χ4n) is 2.02. The van der Waals surface area contributed by atoms with Crippen molar-refractivity contribution in [2.24, 2.45) is 7.05 Å². The number of carbonyl (C=O) groups excluding carboxylic acids is 1. The average Bonchev–Trinajstić information content (AvgIpc) is 3.01. The minimum atomic E-state index is -3.82. The molecule has 7 heteroatoms. The Morgan fingerprint density at radius 1 is 1.67 bits per heavy atom. The molecule has 1 N–H and O–H groups in total. The Kier molecular flexibility index (Phi) is 3.71. The van der Waals surface area contributed by atoms with Crippen LogP contribution < -0.4 is 0 Å². The molecule has 0 bridgehead atoms. The molecule has 1 aliphatic carbocycles. The van der Waals surface area contributed by atoms with Gasteiger partial charge in [0.25, 0.3) is 0 Å². The monoisotopic (exact) mass is 272 g/mol. The number of ketones is 1. The summed E-state index contributed by atoms with van der Waals surface area (Å²) in [7, 11) is -2.04. The van der Waals surface area contributed by atoms with E-state index < -0.39 is 13.8 Å². The van der Waals surface area contributed by atoms with Gasteiger partial charge >= 0.3 is 7.60 Å². The molecule has 0 radical (unpaired) electrons. The third kappa shape index (κ3) is 2.88. The Balaban J connectivity index is 2.17. The Hall–Kier alpha value is -0.970. The molecule has 1 atom stereocenters. The minimum Gasteiger partial charge on any atom is -0.324 e. The fraction of sp³-hybridized carbons (Fsp3) is 0.636. The van der Waals surface area contributed by atoms with E-state index in [1.807, 2.05) is 0 Å². The minimum absolute atomic E-state index is 0.115. The maximum Gasteiger partial charge on any atom is 0.335 e. The first-order chi connectivity index (χ1) is 8.44. The topological polar surface area (TPSA) is 81.4 Å². The second-order valence-electron chi connectivity index (χ2n) is 4.48. The van der Waals surface area contributed by atoms with Gasteiger partial charge < -0.3 is 9.42 Å². The highest BCUT2D eigenvalue weighted by molar-refractivity contribution is 7.53. The maximum atomic E-state index is 12.0. The summed E-state index contributed by atoms with van der Waals surface area (Å²) in [5, 5.41) is 4.06. The molecule has 2 rings (SSSR count). The van der Waals surface area contributed by atoms with Gasteiger partial charge in [0, 0.05) is 13.0 Å². The van der Waals surface area contributed by atoms with Crippen LogP contribution in [0, 0.1) is 0 Å². The summed E-state index contributed by atoms with van der Waals surface area (Å²) in [5.74, 6) is -0.00842. The Labute approximate surface area is 105 Å². The van der Waals surface area contributed by atoms with E-state index in [4.69, 9.17) is 4.52 Å². The summed E-state index contributed by atoms with van der Waals surface area (Å²) in [6.07, 6.45) is 3.08. The highest BCUT2D eigenvalue weighted by Crippen LogP contribution is 2.44. The fourth-order valence-corrected chi connectivity index (χ4v) is 3.04. The van der Waals surface area contributed by atoms with Crippen molar-refractivity contribution >= 4 is 13.4 Å². The standard InChI is InChI=1S/C11H17N2O4P/c1-3-17-18(15,16)7-10(14)9-6-12-13(2)11(9)8-4-5-8/h6,8H,3-5,7H2,1-2H3,(H,15,16). The summed E-state index contributed by atoms with van der Waals surface area (Å²) < 4.78 is 18.0. The van der Waals surface area contributed by atoms with Crippen LogP contribution in [0.4, 0.5) is 0 Å². The lowest BCUT2D eigenvalue weighted by molar-refractivity contribution is 0.101. The lowest BCUT2D eigenvalue weighted by Gasteiger charge is -2.10. The normalized spacial score (nSPS) is 18.6. The number of carbonyl (C=O) groups is 1. The van der Waals surface area contributed by atoms with Gasteiger partial charge in [0.05, 0.1) is 24.1 Å². The largest absolute Gasteiger partial charge is 0.335 e. The third-order valence-electron chi connectivity index (χ3n) is 2.92. The van der Waals surface area contributed by atoms with Gasteiger partial charge in [-0.2, -0.15) is 5.10 Å². The molecule has 1 heterocycles. The molecule has 0 spiro atoms. The van der Waals surface area contributed by atoms with Crippen LogP contribution in [0.5, 0.6) is 0 Å². The van der Waals surface area contributed by atoms with Crippen LogP contribution in [0.3, 0.4) is 0 Å². The van der Waals surface area contributed by atoms with Gasteiger partial charge in [-0.3, -0.25) is 14.0 Å². The maximum absolute atomic E-state index is 12.0. The van der Waals surface area contributed by atoms with Gasteiger partial charge in [-0.1, -0.05) is 0 Å². The zero-order valence-electron chi connectivity index (χ0n) is 10.5. The van der Waals surface area contributed by atoms with Gasteiger partial charge in [-0.25, -0.2) is 0 Å². The van der Waals surface area contributed by atoms with E-state index in [0.717, 1.165) is 18.5 Å². The van der Waals surface area contributed by atoms with E-state index in [2.05, 4.69) is 5.10 Å². The molecule has 18 heavy (non-hydrogen) atoms. The molecular formula is C11H17N2O4P. The lowest BCUT2D eigenvalue weighted by Crippen LogP contribution is -2.10. The van der Waals surface area contributed by atoms with Crippen LogP contribution in [0.1, 0.15) is 41.7 Å². The number of aryl methyl sites for hydroxylation is 1.